The Hall–Kier alpha value is -0.0831. The van der Waals surface area contributed by atoms with Gasteiger partial charge in [0.25, 0.3) is 0 Å². The second-order valence-electron chi connectivity index (χ2n) is 5.95. The van der Waals surface area contributed by atoms with E-state index in [2.05, 4.69) is 59.5 Å². The van der Waals surface area contributed by atoms with Gasteiger partial charge in [-0.1, -0.05) is 95.5 Å². The molecule has 0 aliphatic heterocycles. The van der Waals surface area contributed by atoms with Gasteiger partial charge in [-0.05, 0) is 17.3 Å². The van der Waals surface area contributed by atoms with Gasteiger partial charge in [-0.3, -0.25) is 0 Å². The largest absolute Gasteiger partial charge is 0.160 e. The molecule has 0 nitrogen and oxygen atoms in total. The van der Waals surface area contributed by atoms with E-state index in [0.717, 1.165) is 0 Å². The molecule has 1 rings (SSSR count). The highest BCUT2D eigenvalue weighted by atomic mass is 79.9. The summed E-state index contributed by atoms with van der Waals surface area (Å²) in [5.41, 5.74) is 0. The highest BCUT2D eigenvalue weighted by Crippen LogP contribution is 2.28. The average molecular weight is 355 g/mol. The van der Waals surface area contributed by atoms with Crippen LogP contribution in [0.3, 0.4) is 0 Å². The van der Waals surface area contributed by atoms with Gasteiger partial charge in [0.05, 0.1) is 0 Å². The van der Waals surface area contributed by atoms with Gasteiger partial charge in [0.1, 0.15) is 0 Å². The molecule has 0 N–H and O–H groups in total. The Morgan fingerprint density at radius 2 is 1.25 bits per heavy atom. The van der Waals surface area contributed by atoms with Crippen LogP contribution in [0.25, 0.3) is 0 Å². The fourth-order valence-corrected chi connectivity index (χ4v) is 8.53. The highest BCUT2D eigenvalue weighted by molar-refractivity contribution is 9.26. The second-order valence-corrected chi connectivity index (χ2v) is 14.0. The van der Waals surface area contributed by atoms with Crippen molar-refractivity contribution in [2.45, 2.75) is 77.3 Å². The van der Waals surface area contributed by atoms with Crippen molar-refractivity contribution in [1.29, 1.82) is 0 Å². The molecule has 0 unspecified atom stereocenters. The number of rotatable bonds is 11. The maximum absolute atomic E-state index is 4.24. The summed E-state index contributed by atoms with van der Waals surface area (Å²) in [5, 5.41) is 1.60. The van der Waals surface area contributed by atoms with Crippen molar-refractivity contribution in [1.82, 2.24) is 0 Å². The normalized spacial score (nSPS) is 11.8. The molecule has 20 heavy (non-hydrogen) atoms. The van der Waals surface area contributed by atoms with E-state index in [1.165, 1.54) is 63.5 Å². The maximum Gasteiger partial charge on any atom is 0.160 e. The maximum atomic E-state index is 4.24. The Bertz CT molecular complexity index is 325. The molecule has 0 heterocycles. The standard InChI is InChI=1S/C18H31BrSi/c1-3-5-7-12-16-20(19,17-13-8-6-4-2)18-14-10-9-11-15-18/h9-11,14-15H,3-8,12-13,16-17H2,1-2H3. The number of benzene rings is 1. The van der Waals surface area contributed by atoms with Crippen LogP contribution in [0.15, 0.2) is 30.3 Å². The molecule has 1 aromatic carbocycles. The Morgan fingerprint density at radius 3 is 1.70 bits per heavy atom. The Labute approximate surface area is 135 Å². The zero-order chi connectivity index (χ0) is 14.7. The van der Waals surface area contributed by atoms with E-state index < -0.39 is 6.69 Å². The van der Waals surface area contributed by atoms with Crippen LogP contribution in [-0.2, 0) is 0 Å². The van der Waals surface area contributed by atoms with Crippen LogP contribution < -0.4 is 5.19 Å². The molecule has 0 radical (unpaired) electrons. The average Bonchev–Trinajstić information content (AvgIpc) is 2.49. The lowest BCUT2D eigenvalue weighted by molar-refractivity contribution is 0.686. The third-order valence-corrected chi connectivity index (χ3v) is 11.6. The van der Waals surface area contributed by atoms with Gasteiger partial charge in [-0.25, -0.2) is 0 Å². The molecule has 0 aliphatic rings. The van der Waals surface area contributed by atoms with Gasteiger partial charge >= 0.3 is 0 Å². The monoisotopic (exact) mass is 354 g/mol. The van der Waals surface area contributed by atoms with Gasteiger partial charge in [0, 0.05) is 0 Å². The van der Waals surface area contributed by atoms with E-state index in [1.807, 2.05) is 0 Å². The van der Waals surface area contributed by atoms with E-state index in [4.69, 9.17) is 0 Å². The van der Waals surface area contributed by atoms with Crippen LogP contribution in [0.2, 0.25) is 12.1 Å². The summed E-state index contributed by atoms with van der Waals surface area (Å²) < 4.78 is 0. The topological polar surface area (TPSA) is 0 Å². The first-order valence-corrected chi connectivity index (χ1v) is 13.1. The molecule has 0 aliphatic carbocycles. The van der Waals surface area contributed by atoms with Crippen molar-refractivity contribution in [2.24, 2.45) is 0 Å². The molecule has 0 saturated heterocycles. The summed E-state index contributed by atoms with van der Waals surface area (Å²) in [6.45, 7) is 3.17. The minimum absolute atomic E-state index is 1.33. The first-order chi connectivity index (χ1) is 9.73. The predicted octanol–water partition coefficient (Wildman–Crippen LogP) is 6.39. The summed E-state index contributed by atoms with van der Waals surface area (Å²) in [4.78, 5) is 0. The lowest BCUT2D eigenvalue weighted by Crippen LogP contribution is -2.41. The molecule has 114 valence electrons. The summed E-state index contributed by atoms with van der Waals surface area (Å²) in [7, 11) is 0. The zero-order valence-electron chi connectivity index (χ0n) is 13.3. The molecular weight excluding hydrogens is 324 g/mol. The molecule has 0 bridgehead atoms. The summed E-state index contributed by atoms with van der Waals surface area (Å²) in [5.74, 6) is 0. The Balaban J connectivity index is 2.57. The number of halogens is 1. The third kappa shape index (κ3) is 6.58. The van der Waals surface area contributed by atoms with Gasteiger partial charge in [0.15, 0.2) is 6.69 Å². The van der Waals surface area contributed by atoms with Crippen LogP contribution in [0.1, 0.15) is 65.2 Å². The number of hydrogen-bond donors (Lipinski definition) is 0. The molecule has 0 spiro atoms. The third-order valence-electron chi connectivity index (χ3n) is 4.14. The van der Waals surface area contributed by atoms with E-state index in [-0.39, 0.29) is 0 Å². The molecule has 0 aromatic heterocycles. The lowest BCUT2D eigenvalue weighted by atomic mass is 10.2. The minimum Gasteiger partial charge on any atom is -0.120 e. The van der Waals surface area contributed by atoms with Gasteiger partial charge < -0.3 is 0 Å². The van der Waals surface area contributed by atoms with Crippen molar-refractivity contribution >= 4 is 27.2 Å². The van der Waals surface area contributed by atoms with Crippen LogP contribution in [-0.4, -0.2) is 6.69 Å². The van der Waals surface area contributed by atoms with Crippen LogP contribution in [0.5, 0.6) is 0 Å². The second kappa shape index (κ2) is 10.6. The van der Waals surface area contributed by atoms with Gasteiger partial charge in [0.2, 0.25) is 0 Å². The van der Waals surface area contributed by atoms with Crippen molar-refractivity contribution in [2.75, 3.05) is 0 Å². The smallest absolute Gasteiger partial charge is 0.120 e. The molecule has 1 aromatic rings. The molecular formula is C18H31BrSi. The summed E-state index contributed by atoms with van der Waals surface area (Å²) >= 11 is 4.24. The SMILES string of the molecule is CCCCCC[Si](Br)(CCCCCC)c1ccccc1. The van der Waals surface area contributed by atoms with E-state index >= 15 is 0 Å². The van der Waals surface area contributed by atoms with Crippen molar-refractivity contribution < 1.29 is 0 Å². The lowest BCUT2D eigenvalue weighted by Gasteiger charge is -2.26. The Kier molecular flexibility index (Phi) is 9.54. The van der Waals surface area contributed by atoms with E-state index in [9.17, 15) is 0 Å². The fraction of sp³-hybridized carbons (Fsp3) is 0.667. The predicted molar refractivity (Wildman–Crippen MR) is 98.7 cm³/mol. The van der Waals surface area contributed by atoms with Crippen LogP contribution in [0, 0.1) is 0 Å². The minimum atomic E-state index is -1.41. The molecule has 0 fully saturated rings. The van der Waals surface area contributed by atoms with Gasteiger partial charge in [-0.15, -0.1) is 15.3 Å². The highest BCUT2D eigenvalue weighted by Gasteiger charge is 2.30. The molecule has 0 atom stereocenters. The van der Waals surface area contributed by atoms with Crippen LogP contribution >= 0.6 is 15.3 Å². The van der Waals surface area contributed by atoms with Crippen molar-refractivity contribution in [3.05, 3.63) is 30.3 Å². The summed E-state index contributed by atoms with van der Waals surface area (Å²) in [6.07, 6.45) is 11.0. The number of hydrogen-bond acceptors (Lipinski definition) is 0. The van der Waals surface area contributed by atoms with Crippen molar-refractivity contribution in [3.8, 4) is 0 Å². The molecule has 0 amide bonds. The number of unbranched alkanes of at least 4 members (excludes halogenated alkanes) is 6. The van der Waals surface area contributed by atoms with E-state index in [1.54, 1.807) is 5.19 Å². The van der Waals surface area contributed by atoms with Crippen LogP contribution in [0.4, 0.5) is 0 Å². The molecule has 0 saturated carbocycles. The molecule has 2 heteroatoms. The fourth-order valence-electron chi connectivity index (χ4n) is 2.81. The van der Waals surface area contributed by atoms with Gasteiger partial charge in [-0.2, -0.15) is 0 Å². The quantitative estimate of drug-likeness (QED) is 0.245. The Morgan fingerprint density at radius 1 is 0.750 bits per heavy atom. The first-order valence-electron chi connectivity index (χ1n) is 8.47. The van der Waals surface area contributed by atoms with Crippen molar-refractivity contribution in [3.63, 3.8) is 0 Å². The summed E-state index contributed by atoms with van der Waals surface area (Å²) in [6, 6.07) is 14.1. The first kappa shape index (κ1) is 18.0. The zero-order valence-corrected chi connectivity index (χ0v) is 15.9. The van der Waals surface area contributed by atoms with E-state index in [0.29, 0.717) is 0 Å².